The SMILES string of the molecule is OC(CC1CCCCC1)c1ccc(F)cc1Br. The molecule has 1 saturated carbocycles. The summed E-state index contributed by atoms with van der Waals surface area (Å²) in [5.74, 6) is 0.348. The van der Waals surface area contributed by atoms with Crippen LogP contribution in [-0.2, 0) is 0 Å². The lowest BCUT2D eigenvalue weighted by molar-refractivity contribution is 0.130. The fourth-order valence-corrected chi connectivity index (χ4v) is 3.25. The van der Waals surface area contributed by atoms with Gasteiger partial charge in [-0.15, -0.1) is 0 Å². The molecule has 0 aromatic heterocycles. The maximum absolute atomic E-state index is 13.0. The maximum Gasteiger partial charge on any atom is 0.124 e. The van der Waals surface area contributed by atoms with Gasteiger partial charge in [0.25, 0.3) is 0 Å². The molecular formula is C14H18BrFO. The molecule has 1 aromatic rings. The first-order valence-electron chi connectivity index (χ1n) is 6.30. The second-order valence-corrected chi connectivity index (χ2v) is 5.78. The molecule has 3 heteroatoms. The van der Waals surface area contributed by atoms with E-state index >= 15 is 0 Å². The van der Waals surface area contributed by atoms with Crippen molar-refractivity contribution in [3.05, 3.63) is 34.1 Å². The molecule has 1 aromatic carbocycles. The first-order chi connectivity index (χ1) is 8.16. The van der Waals surface area contributed by atoms with E-state index in [1.807, 2.05) is 0 Å². The molecule has 1 fully saturated rings. The number of benzene rings is 1. The van der Waals surface area contributed by atoms with Crippen molar-refractivity contribution in [1.29, 1.82) is 0 Å². The zero-order chi connectivity index (χ0) is 12.3. The monoisotopic (exact) mass is 300 g/mol. The molecule has 1 aliphatic rings. The largest absolute Gasteiger partial charge is 0.388 e. The molecule has 2 rings (SSSR count). The number of aliphatic hydroxyl groups is 1. The summed E-state index contributed by atoms with van der Waals surface area (Å²) >= 11 is 3.31. The Bertz CT molecular complexity index is 374. The fraction of sp³-hybridized carbons (Fsp3) is 0.571. The Balaban J connectivity index is 2.00. The van der Waals surface area contributed by atoms with Crippen molar-refractivity contribution in [2.75, 3.05) is 0 Å². The summed E-state index contributed by atoms with van der Waals surface area (Å²) in [4.78, 5) is 0. The molecule has 94 valence electrons. The molecule has 1 aliphatic carbocycles. The van der Waals surface area contributed by atoms with E-state index in [0.29, 0.717) is 10.4 Å². The highest BCUT2D eigenvalue weighted by Crippen LogP contribution is 2.34. The van der Waals surface area contributed by atoms with Crippen molar-refractivity contribution in [1.82, 2.24) is 0 Å². The Hall–Kier alpha value is -0.410. The molecule has 1 nitrogen and oxygen atoms in total. The molecule has 0 saturated heterocycles. The molecule has 17 heavy (non-hydrogen) atoms. The highest BCUT2D eigenvalue weighted by Gasteiger charge is 2.20. The number of hydrogen-bond acceptors (Lipinski definition) is 1. The zero-order valence-corrected chi connectivity index (χ0v) is 11.4. The Kier molecular flexibility index (Phi) is 4.57. The Morgan fingerprint density at radius 3 is 2.65 bits per heavy atom. The summed E-state index contributed by atoms with van der Waals surface area (Å²) in [6.07, 6.45) is 6.64. The summed E-state index contributed by atoms with van der Waals surface area (Å²) in [7, 11) is 0. The lowest BCUT2D eigenvalue weighted by Crippen LogP contribution is -2.11. The highest BCUT2D eigenvalue weighted by atomic mass is 79.9. The van der Waals surface area contributed by atoms with Gasteiger partial charge in [0.2, 0.25) is 0 Å². The van der Waals surface area contributed by atoms with E-state index in [2.05, 4.69) is 15.9 Å². The standard InChI is InChI=1S/C14H18BrFO/c15-13-9-11(16)6-7-12(13)14(17)8-10-4-2-1-3-5-10/h6-7,9-10,14,17H,1-5,8H2. The Morgan fingerprint density at radius 1 is 1.29 bits per heavy atom. The van der Waals surface area contributed by atoms with Gasteiger partial charge < -0.3 is 5.11 Å². The summed E-state index contributed by atoms with van der Waals surface area (Å²) in [5, 5.41) is 10.2. The topological polar surface area (TPSA) is 20.2 Å². The molecule has 1 atom stereocenters. The van der Waals surface area contributed by atoms with Gasteiger partial charge in [-0.2, -0.15) is 0 Å². The van der Waals surface area contributed by atoms with Crippen LogP contribution in [0.3, 0.4) is 0 Å². The Morgan fingerprint density at radius 2 is 2.00 bits per heavy atom. The van der Waals surface area contributed by atoms with E-state index in [0.717, 1.165) is 12.0 Å². The van der Waals surface area contributed by atoms with Gasteiger partial charge in [0.15, 0.2) is 0 Å². The normalized spacial score (nSPS) is 19.2. The number of rotatable bonds is 3. The van der Waals surface area contributed by atoms with Crippen LogP contribution in [0.15, 0.2) is 22.7 Å². The van der Waals surface area contributed by atoms with Crippen LogP contribution < -0.4 is 0 Å². The molecule has 1 unspecified atom stereocenters. The number of hydrogen-bond donors (Lipinski definition) is 1. The minimum Gasteiger partial charge on any atom is -0.388 e. The van der Waals surface area contributed by atoms with Crippen LogP contribution in [-0.4, -0.2) is 5.11 Å². The van der Waals surface area contributed by atoms with Gasteiger partial charge in [0.05, 0.1) is 6.10 Å². The molecule has 0 bridgehead atoms. The van der Waals surface area contributed by atoms with E-state index in [1.165, 1.54) is 44.2 Å². The van der Waals surface area contributed by atoms with Gasteiger partial charge in [0.1, 0.15) is 5.82 Å². The number of halogens is 2. The molecule has 0 aliphatic heterocycles. The molecule has 0 radical (unpaired) electrons. The summed E-state index contributed by atoms with van der Waals surface area (Å²) < 4.78 is 13.6. The van der Waals surface area contributed by atoms with Crippen molar-refractivity contribution in [3.8, 4) is 0 Å². The molecule has 0 heterocycles. The second-order valence-electron chi connectivity index (χ2n) is 4.92. The van der Waals surface area contributed by atoms with E-state index in [4.69, 9.17) is 0 Å². The van der Waals surface area contributed by atoms with Crippen molar-refractivity contribution < 1.29 is 9.50 Å². The quantitative estimate of drug-likeness (QED) is 0.865. The smallest absolute Gasteiger partial charge is 0.124 e. The summed E-state index contributed by atoms with van der Waals surface area (Å²) in [6.45, 7) is 0. The van der Waals surface area contributed by atoms with Gasteiger partial charge in [0, 0.05) is 4.47 Å². The van der Waals surface area contributed by atoms with Crippen molar-refractivity contribution in [3.63, 3.8) is 0 Å². The summed E-state index contributed by atoms with van der Waals surface area (Å²) in [6, 6.07) is 4.50. The first kappa shape index (κ1) is 13.0. The second kappa shape index (κ2) is 5.96. The Labute approximate surface area is 110 Å². The third kappa shape index (κ3) is 3.52. The zero-order valence-electron chi connectivity index (χ0n) is 9.83. The molecule has 0 spiro atoms. The van der Waals surface area contributed by atoms with Gasteiger partial charge >= 0.3 is 0 Å². The predicted molar refractivity (Wildman–Crippen MR) is 70.3 cm³/mol. The molecular weight excluding hydrogens is 283 g/mol. The maximum atomic E-state index is 13.0. The van der Waals surface area contributed by atoms with Crippen molar-refractivity contribution in [2.24, 2.45) is 5.92 Å². The minimum atomic E-state index is -0.479. The third-order valence-electron chi connectivity index (χ3n) is 3.60. The van der Waals surface area contributed by atoms with Crippen molar-refractivity contribution in [2.45, 2.75) is 44.6 Å². The third-order valence-corrected chi connectivity index (χ3v) is 4.29. The van der Waals surface area contributed by atoms with E-state index in [-0.39, 0.29) is 5.82 Å². The van der Waals surface area contributed by atoms with Gasteiger partial charge in [-0.1, -0.05) is 54.1 Å². The van der Waals surface area contributed by atoms with Crippen LogP contribution in [0.4, 0.5) is 4.39 Å². The van der Waals surface area contributed by atoms with Crippen LogP contribution in [0.25, 0.3) is 0 Å². The van der Waals surface area contributed by atoms with E-state index in [1.54, 1.807) is 6.07 Å². The van der Waals surface area contributed by atoms with Crippen molar-refractivity contribution >= 4 is 15.9 Å². The van der Waals surface area contributed by atoms with Gasteiger partial charge in [-0.05, 0) is 30.0 Å². The average Bonchev–Trinajstić information content (AvgIpc) is 2.30. The van der Waals surface area contributed by atoms with Crippen LogP contribution >= 0.6 is 15.9 Å². The van der Waals surface area contributed by atoms with Gasteiger partial charge in [-0.25, -0.2) is 4.39 Å². The lowest BCUT2D eigenvalue weighted by Gasteiger charge is -2.24. The first-order valence-corrected chi connectivity index (χ1v) is 7.09. The van der Waals surface area contributed by atoms with Crippen LogP contribution in [0.1, 0.15) is 50.2 Å². The summed E-state index contributed by atoms with van der Waals surface area (Å²) in [5.41, 5.74) is 0.803. The van der Waals surface area contributed by atoms with Crippen LogP contribution in [0.5, 0.6) is 0 Å². The molecule has 0 amide bonds. The lowest BCUT2D eigenvalue weighted by atomic mass is 9.84. The van der Waals surface area contributed by atoms with Crippen LogP contribution in [0, 0.1) is 11.7 Å². The minimum absolute atomic E-state index is 0.273. The molecule has 1 N–H and O–H groups in total. The average molecular weight is 301 g/mol. The number of aliphatic hydroxyl groups excluding tert-OH is 1. The van der Waals surface area contributed by atoms with E-state index < -0.39 is 6.10 Å². The van der Waals surface area contributed by atoms with E-state index in [9.17, 15) is 9.50 Å². The highest BCUT2D eigenvalue weighted by molar-refractivity contribution is 9.10. The van der Waals surface area contributed by atoms with Gasteiger partial charge in [-0.3, -0.25) is 0 Å². The predicted octanol–water partition coefficient (Wildman–Crippen LogP) is 4.59. The van der Waals surface area contributed by atoms with Crippen LogP contribution in [0.2, 0.25) is 0 Å². The fourth-order valence-electron chi connectivity index (χ4n) is 2.64.